The molecule has 1 heterocycles. The quantitative estimate of drug-likeness (QED) is 0.863. The van der Waals surface area contributed by atoms with Gasteiger partial charge in [-0.3, -0.25) is 9.78 Å². The molecule has 0 atom stereocenters. The van der Waals surface area contributed by atoms with E-state index < -0.39 is 0 Å². The maximum atomic E-state index is 12.5. The first-order valence-corrected chi connectivity index (χ1v) is 6.19. The van der Waals surface area contributed by atoms with Crippen molar-refractivity contribution in [2.45, 2.75) is 6.54 Å². The molecule has 1 amide bonds. The molecule has 0 radical (unpaired) electrons. The average Bonchev–Trinajstić information content (AvgIpc) is 2.47. The minimum Gasteiger partial charge on any atom is -0.496 e. The second-order valence-corrected chi connectivity index (χ2v) is 4.48. The van der Waals surface area contributed by atoms with Crippen molar-refractivity contribution in [3.05, 3.63) is 53.9 Å². The standard InChI is InChI=1S/C15H17N3O2/c1-18(10-11-5-7-17-8-6-11)15(19)13-9-12(16)3-4-14(13)20-2/h3-9H,10,16H2,1-2H3. The molecular weight excluding hydrogens is 254 g/mol. The number of anilines is 1. The number of nitrogens with zero attached hydrogens (tertiary/aromatic N) is 2. The number of nitrogens with two attached hydrogens (primary N) is 1. The van der Waals surface area contributed by atoms with Gasteiger partial charge < -0.3 is 15.4 Å². The first-order valence-electron chi connectivity index (χ1n) is 6.19. The molecule has 0 unspecified atom stereocenters. The molecule has 0 fully saturated rings. The van der Waals surface area contributed by atoms with Gasteiger partial charge in [0.25, 0.3) is 5.91 Å². The average molecular weight is 271 g/mol. The highest BCUT2D eigenvalue weighted by molar-refractivity contribution is 5.97. The summed E-state index contributed by atoms with van der Waals surface area (Å²) in [5.74, 6) is 0.386. The molecule has 2 rings (SSSR count). The molecule has 0 aliphatic rings. The summed E-state index contributed by atoms with van der Waals surface area (Å²) in [6.07, 6.45) is 3.41. The van der Waals surface area contributed by atoms with E-state index in [0.717, 1.165) is 5.56 Å². The van der Waals surface area contributed by atoms with E-state index in [1.54, 1.807) is 42.5 Å². The molecule has 0 aliphatic heterocycles. The van der Waals surface area contributed by atoms with E-state index in [2.05, 4.69) is 4.98 Å². The zero-order valence-corrected chi connectivity index (χ0v) is 11.5. The summed E-state index contributed by atoms with van der Waals surface area (Å²) in [5, 5.41) is 0. The topological polar surface area (TPSA) is 68.5 Å². The van der Waals surface area contributed by atoms with Crippen molar-refractivity contribution >= 4 is 11.6 Å². The molecule has 0 saturated heterocycles. The fraction of sp³-hybridized carbons (Fsp3) is 0.200. The Morgan fingerprint density at radius 2 is 2.00 bits per heavy atom. The van der Waals surface area contributed by atoms with Crippen LogP contribution in [0.2, 0.25) is 0 Å². The Labute approximate surface area is 118 Å². The van der Waals surface area contributed by atoms with Crippen molar-refractivity contribution in [2.75, 3.05) is 19.9 Å². The molecular formula is C15H17N3O2. The van der Waals surface area contributed by atoms with Gasteiger partial charge in [0.05, 0.1) is 12.7 Å². The van der Waals surface area contributed by atoms with Gasteiger partial charge in [-0.25, -0.2) is 0 Å². The Balaban J connectivity index is 2.20. The molecule has 5 nitrogen and oxygen atoms in total. The maximum absolute atomic E-state index is 12.5. The van der Waals surface area contributed by atoms with Crippen LogP contribution in [0.1, 0.15) is 15.9 Å². The lowest BCUT2D eigenvalue weighted by Gasteiger charge is -2.19. The highest BCUT2D eigenvalue weighted by Crippen LogP contribution is 2.22. The molecule has 5 heteroatoms. The first kappa shape index (κ1) is 13.9. The molecule has 104 valence electrons. The van der Waals surface area contributed by atoms with Crippen molar-refractivity contribution in [1.29, 1.82) is 0 Å². The van der Waals surface area contributed by atoms with E-state index in [1.165, 1.54) is 7.11 Å². The molecule has 0 bridgehead atoms. The van der Waals surface area contributed by atoms with E-state index in [0.29, 0.717) is 23.5 Å². The molecule has 0 saturated carbocycles. The number of benzene rings is 1. The fourth-order valence-electron chi connectivity index (χ4n) is 1.93. The van der Waals surface area contributed by atoms with Gasteiger partial charge in [-0.1, -0.05) is 0 Å². The van der Waals surface area contributed by atoms with Gasteiger partial charge in [0.1, 0.15) is 5.75 Å². The normalized spacial score (nSPS) is 10.1. The van der Waals surface area contributed by atoms with Crippen LogP contribution in [-0.2, 0) is 6.54 Å². The predicted molar refractivity (Wildman–Crippen MR) is 77.4 cm³/mol. The number of amides is 1. The molecule has 1 aromatic heterocycles. The smallest absolute Gasteiger partial charge is 0.257 e. The van der Waals surface area contributed by atoms with Crippen LogP contribution < -0.4 is 10.5 Å². The van der Waals surface area contributed by atoms with Gasteiger partial charge in [-0.05, 0) is 35.9 Å². The number of pyridine rings is 1. The van der Waals surface area contributed by atoms with Crippen LogP contribution in [0, 0.1) is 0 Å². The van der Waals surface area contributed by atoms with Crippen molar-refractivity contribution in [3.63, 3.8) is 0 Å². The van der Waals surface area contributed by atoms with Gasteiger partial charge in [-0.2, -0.15) is 0 Å². The van der Waals surface area contributed by atoms with Gasteiger partial charge >= 0.3 is 0 Å². The Kier molecular flexibility index (Phi) is 4.20. The van der Waals surface area contributed by atoms with Gasteiger partial charge in [0, 0.05) is 31.7 Å². The highest BCUT2D eigenvalue weighted by atomic mass is 16.5. The van der Waals surface area contributed by atoms with Crippen LogP contribution in [0.3, 0.4) is 0 Å². The molecule has 20 heavy (non-hydrogen) atoms. The fourth-order valence-corrected chi connectivity index (χ4v) is 1.93. The Morgan fingerprint density at radius 1 is 1.30 bits per heavy atom. The van der Waals surface area contributed by atoms with Crippen LogP contribution in [0.4, 0.5) is 5.69 Å². The molecule has 0 aliphatic carbocycles. The number of carbonyl (C=O) groups excluding carboxylic acids is 1. The Bertz CT molecular complexity index is 599. The van der Waals surface area contributed by atoms with Crippen LogP contribution in [0.15, 0.2) is 42.7 Å². The number of methoxy groups -OCH3 is 1. The lowest BCUT2D eigenvalue weighted by Crippen LogP contribution is -2.26. The van der Waals surface area contributed by atoms with Crippen molar-refractivity contribution in [1.82, 2.24) is 9.88 Å². The van der Waals surface area contributed by atoms with Crippen LogP contribution in [-0.4, -0.2) is 29.9 Å². The molecule has 2 aromatic rings. The summed E-state index contributed by atoms with van der Waals surface area (Å²) in [6.45, 7) is 0.499. The molecule has 0 spiro atoms. The highest BCUT2D eigenvalue weighted by Gasteiger charge is 2.17. The minimum absolute atomic E-state index is 0.133. The number of hydrogen-bond donors (Lipinski definition) is 1. The van der Waals surface area contributed by atoms with Gasteiger partial charge in [0.2, 0.25) is 0 Å². The van der Waals surface area contributed by atoms with Crippen molar-refractivity contribution in [3.8, 4) is 5.75 Å². The second-order valence-electron chi connectivity index (χ2n) is 4.48. The van der Waals surface area contributed by atoms with Gasteiger partial charge in [0.15, 0.2) is 0 Å². The van der Waals surface area contributed by atoms with E-state index >= 15 is 0 Å². The third-order valence-electron chi connectivity index (χ3n) is 2.97. The minimum atomic E-state index is -0.133. The number of carbonyl (C=O) groups is 1. The van der Waals surface area contributed by atoms with Crippen LogP contribution in [0.5, 0.6) is 5.75 Å². The van der Waals surface area contributed by atoms with Crippen molar-refractivity contribution in [2.24, 2.45) is 0 Å². The predicted octanol–water partition coefficient (Wildman–Crippen LogP) is 1.94. The second kappa shape index (κ2) is 6.06. The molecule has 1 aromatic carbocycles. The summed E-state index contributed by atoms with van der Waals surface area (Å²) in [5.41, 5.74) is 7.75. The lowest BCUT2D eigenvalue weighted by molar-refractivity contribution is 0.0781. The largest absolute Gasteiger partial charge is 0.496 e. The van der Waals surface area contributed by atoms with E-state index in [-0.39, 0.29) is 5.91 Å². The van der Waals surface area contributed by atoms with E-state index in [4.69, 9.17) is 10.5 Å². The lowest BCUT2D eigenvalue weighted by atomic mass is 10.1. The molecule has 2 N–H and O–H groups in total. The van der Waals surface area contributed by atoms with Crippen LogP contribution >= 0.6 is 0 Å². The third-order valence-corrected chi connectivity index (χ3v) is 2.97. The van der Waals surface area contributed by atoms with E-state index in [9.17, 15) is 4.79 Å². The number of nitrogen functional groups attached to an aromatic ring is 1. The number of hydrogen-bond acceptors (Lipinski definition) is 4. The monoisotopic (exact) mass is 271 g/mol. The zero-order chi connectivity index (χ0) is 14.5. The third kappa shape index (κ3) is 3.06. The first-order chi connectivity index (χ1) is 9.61. The Morgan fingerprint density at radius 3 is 2.65 bits per heavy atom. The maximum Gasteiger partial charge on any atom is 0.257 e. The number of ether oxygens (including phenoxy) is 1. The zero-order valence-electron chi connectivity index (χ0n) is 11.5. The Hall–Kier alpha value is -2.56. The summed E-state index contributed by atoms with van der Waals surface area (Å²) in [4.78, 5) is 18.0. The van der Waals surface area contributed by atoms with Crippen LogP contribution in [0.25, 0.3) is 0 Å². The summed E-state index contributed by atoms with van der Waals surface area (Å²) in [6, 6.07) is 8.78. The SMILES string of the molecule is COc1ccc(N)cc1C(=O)N(C)Cc1ccncc1. The van der Waals surface area contributed by atoms with E-state index in [1.807, 2.05) is 12.1 Å². The summed E-state index contributed by atoms with van der Waals surface area (Å²) in [7, 11) is 3.27. The summed E-state index contributed by atoms with van der Waals surface area (Å²) >= 11 is 0. The summed E-state index contributed by atoms with van der Waals surface area (Å²) < 4.78 is 5.21. The van der Waals surface area contributed by atoms with Gasteiger partial charge in [-0.15, -0.1) is 0 Å². The van der Waals surface area contributed by atoms with Crippen molar-refractivity contribution < 1.29 is 9.53 Å². The number of aromatic nitrogens is 1. The number of rotatable bonds is 4.